The molecular weight excluding hydrogens is 308 g/mol. The lowest BCUT2D eigenvalue weighted by Gasteiger charge is -2.23. The highest BCUT2D eigenvalue weighted by Gasteiger charge is 2.26. The van der Waals surface area contributed by atoms with E-state index < -0.39 is 11.9 Å². The second-order valence-corrected chi connectivity index (χ2v) is 6.13. The number of carboxylic acids is 1. The van der Waals surface area contributed by atoms with Crippen molar-refractivity contribution in [3.8, 4) is 16.9 Å². The monoisotopic (exact) mass is 330 g/mol. The van der Waals surface area contributed by atoms with Crippen LogP contribution >= 0.6 is 0 Å². The minimum Gasteiger partial charge on any atom is -0.492 e. The number of carbonyl (C=O) groups is 1. The Labute approximate surface area is 141 Å². The van der Waals surface area contributed by atoms with Crippen molar-refractivity contribution in [3.63, 3.8) is 0 Å². The van der Waals surface area contributed by atoms with Gasteiger partial charge >= 0.3 is 5.97 Å². The molecule has 0 amide bonds. The summed E-state index contributed by atoms with van der Waals surface area (Å²) < 4.78 is 12.7. The van der Waals surface area contributed by atoms with Crippen LogP contribution < -0.4 is 4.74 Å². The maximum absolute atomic E-state index is 11.2. The lowest BCUT2D eigenvalue weighted by molar-refractivity contribution is -0.143. The Morgan fingerprint density at radius 2 is 2.25 bits per heavy atom. The van der Waals surface area contributed by atoms with Gasteiger partial charge in [-0.2, -0.15) is 5.10 Å². The largest absolute Gasteiger partial charge is 0.492 e. The van der Waals surface area contributed by atoms with Gasteiger partial charge in [-0.1, -0.05) is 6.07 Å². The summed E-state index contributed by atoms with van der Waals surface area (Å²) in [6.07, 6.45) is 0.494. The van der Waals surface area contributed by atoms with Crippen LogP contribution in [0.15, 0.2) is 18.2 Å². The van der Waals surface area contributed by atoms with E-state index >= 15 is 0 Å². The molecule has 6 heteroatoms. The van der Waals surface area contributed by atoms with E-state index in [9.17, 15) is 9.90 Å². The number of aliphatic carboxylic acids is 1. The molecule has 1 aliphatic heterocycles. The van der Waals surface area contributed by atoms with Crippen LogP contribution in [0.1, 0.15) is 17.0 Å². The van der Waals surface area contributed by atoms with Gasteiger partial charge in [-0.3, -0.25) is 9.48 Å². The van der Waals surface area contributed by atoms with Crippen molar-refractivity contribution < 1.29 is 19.4 Å². The molecule has 128 valence electrons. The number of aryl methyl sites for hydroxylation is 1. The summed E-state index contributed by atoms with van der Waals surface area (Å²) in [7, 11) is 1.68. The van der Waals surface area contributed by atoms with Crippen LogP contribution in [0.2, 0.25) is 0 Å². The van der Waals surface area contributed by atoms with Gasteiger partial charge in [0.15, 0.2) is 0 Å². The van der Waals surface area contributed by atoms with E-state index in [0.29, 0.717) is 19.6 Å². The van der Waals surface area contributed by atoms with E-state index in [-0.39, 0.29) is 6.61 Å². The molecule has 1 aromatic heterocycles. The van der Waals surface area contributed by atoms with Gasteiger partial charge in [0.25, 0.3) is 0 Å². The quantitative estimate of drug-likeness (QED) is 0.911. The summed E-state index contributed by atoms with van der Waals surface area (Å²) in [6.45, 7) is 5.58. The zero-order valence-corrected chi connectivity index (χ0v) is 14.2. The second-order valence-electron chi connectivity index (χ2n) is 6.13. The number of fused-ring (bicyclic) bond motifs is 1. The number of hydrogen-bond acceptors (Lipinski definition) is 4. The zero-order chi connectivity index (χ0) is 17.3. The van der Waals surface area contributed by atoms with E-state index in [2.05, 4.69) is 5.10 Å². The molecule has 24 heavy (non-hydrogen) atoms. The van der Waals surface area contributed by atoms with Gasteiger partial charge in [0.1, 0.15) is 12.4 Å². The molecule has 2 heterocycles. The number of hydrogen-bond donors (Lipinski definition) is 1. The maximum atomic E-state index is 11.2. The normalized spacial score (nSPS) is 16.5. The third-order valence-corrected chi connectivity index (χ3v) is 4.49. The fourth-order valence-electron chi connectivity index (χ4n) is 3.22. The first-order valence-corrected chi connectivity index (χ1v) is 8.03. The Hall–Kier alpha value is -2.34. The zero-order valence-electron chi connectivity index (χ0n) is 14.2. The van der Waals surface area contributed by atoms with E-state index in [4.69, 9.17) is 9.47 Å². The van der Waals surface area contributed by atoms with Crippen molar-refractivity contribution in [2.75, 3.05) is 20.3 Å². The van der Waals surface area contributed by atoms with Gasteiger partial charge in [-0.05, 0) is 43.5 Å². The number of benzene rings is 1. The topological polar surface area (TPSA) is 73.6 Å². The van der Waals surface area contributed by atoms with Gasteiger partial charge in [0.2, 0.25) is 0 Å². The number of aromatic nitrogens is 2. The molecule has 0 saturated carbocycles. The van der Waals surface area contributed by atoms with E-state index in [0.717, 1.165) is 33.8 Å². The summed E-state index contributed by atoms with van der Waals surface area (Å²) >= 11 is 0. The average molecular weight is 330 g/mol. The van der Waals surface area contributed by atoms with Gasteiger partial charge in [-0.15, -0.1) is 0 Å². The number of rotatable bonds is 5. The third kappa shape index (κ3) is 3.01. The predicted molar refractivity (Wildman–Crippen MR) is 89.3 cm³/mol. The lowest BCUT2D eigenvalue weighted by atomic mass is 9.93. The summed E-state index contributed by atoms with van der Waals surface area (Å²) in [6, 6.07) is 5.97. The van der Waals surface area contributed by atoms with E-state index in [1.54, 1.807) is 7.11 Å². The molecule has 1 atom stereocenters. The van der Waals surface area contributed by atoms with Gasteiger partial charge in [-0.25, -0.2) is 0 Å². The molecule has 0 fully saturated rings. The summed E-state index contributed by atoms with van der Waals surface area (Å²) in [5.41, 5.74) is 5.11. The molecule has 1 aliphatic rings. The summed E-state index contributed by atoms with van der Waals surface area (Å²) in [5, 5.41) is 13.8. The Morgan fingerprint density at radius 3 is 2.96 bits per heavy atom. The molecule has 1 aromatic carbocycles. The van der Waals surface area contributed by atoms with Gasteiger partial charge < -0.3 is 14.6 Å². The fourth-order valence-corrected chi connectivity index (χ4v) is 3.22. The first-order valence-electron chi connectivity index (χ1n) is 8.03. The highest BCUT2D eigenvalue weighted by atomic mass is 16.5. The molecule has 0 bridgehead atoms. The maximum Gasteiger partial charge on any atom is 0.310 e. The van der Waals surface area contributed by atoms with Crippen molar-refractivity contribution >= 4 is 5.97 Å². The fraction of sp³-hybridized carbons (Fsp3) is 0.444. The van der Waals surface area contributed by atoms with Crippen LogP contribution in [0, 0.1) is 19.8 Å². The lowest BCUT2D eigenvalue weighted by Crippen LogP contribution is -2.27. The van der Waals surface area contributed by atoms with Crippen molar-refractivity contribution in [1.29, 1.82) is 0 Å². The smallest absolute Gasteiger partial charge is 0.310 e. The van der Waals surface area contributed by atoms with Gasteiger partial charge in [0.05, 0.1) is 24.8 Å². The second kappa shape index (κ2) is 6.65. The van der Waals surface area contributed by atoms with Gasteiger partial charge in [0, 0.05) is 18.4 Å². The minimum absolute atomic E-state index is 0.231. The van der Waals surface area contributed by atoms with Crippen molar-refractivity contribution in [3.05, 3.63) is 35.2 Å². The average Bonchev–Trinajstić information content (AvgIpc) is 2.85. The van der Waals surface area contributed by atoms with Crippen LogP contribution in [0.4, 0.5) is 0 Å². The van der Waals surface area contributed by atoms with Crippen LogP contribution in [-0.2, 0) is 22.5 Å². The molecule has 0 aliphatic carbocycles. The highest BCUT2D eigenvalue weighted by molar-refractivity contribution is 5.73. The van der Waals surface area contributed by atoms with Crippen molar-refractivity contribution in [1.82, 2.24) is 9.78 Å². The Bertz CT molecular complexity index is 767. The third-order valence-electron chi connectivity index (χ3n) is 4.49. The van der Waals surface area contributed by atoms with Crippen LogP contribution in [0.3, 0.4) is 0 Å². The standard InChI is InChI=1S/C18H22N2O4/c1-11-17(12(2)20(19-11)6-7-23-3)13-4-5-16-14(8-13)9-15(10-24-16)18(21)22/h4-5,8,15H,6-7,9-10H2,1-3H3,(H,21,22). The van der Waals surface area contributed by atoms with E-state index in [1.165, 1.54) is 0 Å². The van der Waals surface area contributed by atoms with Crippen molar-refractivity contribution in [2.45, 2.75) is 26.8 Å². The predicted octanol–water partition coefficient (Wildman–Crippen LogP) is 2.45. The number of ether oxygens (including phenoxy) is 2. The minimum atomic E-state index is -0.814. The van der Waals surface area contributed by atoms with Crippen LogP contribution in [-0.4, -0.2) is 41.2 Å². The number of nitrogens with zero attached hydrogens (tertiary/aromatic N) is 2. The molecule has 0 saturated heterocycles. The first kappa shape index (κ1) is 16.5. The molecule has 6 nitrogen and oxygen atoms in total. The molecule has 2 aromatic rings. The molecular formula is C18H22N2O4. The number of methoxy groups -OCH3 is 1. The molecule has 1 unspecified atom stereocenters. The van der Waals surface area contributed by atoms with Crippen LogP contribution in [0.25, 0.3) is 11.1 Å². The molecule has 0 radical (unpaired) electrons. The molecule has 3 rings (SSSR count). The summed E-state index contributed by atoms with van der Waals surface area (Å²) in [4.78, 5) is 11.2. The first-order chi connectivity index (χ1) is 11.5. The molecule has 0 spiro atoms. The van der Waals surface area contributed by atoms with Crippen LogP contribution in [0.5, 0.6) is 5.75 Å². The Morgan fingerprint density at radius 1 is 1.46 bits per heavy atom. The highest BCUT2D eigenvalue weighted by Crippen LogP contribution is 2.34. The number of carboxylic acid groups (broad SMARTS) is 1. The SMILES string of the molecule is COCCn1nc(C)c(-c2ccc3c(c2)CC(C(=O)O)CO3)c1C. The molecule has 1 N–H and O–H groups in total. The summed E-state index contributed by atoms with van der Waals surface area (Å²) in [5.74, 6) is -0.525. The van der Waals surface area contributed by atoms with Crippen molar-refractivity contribution in [2.24, 2.45) is 5.92 Å². The Balaban J connectivity index is 1.95. The Kier molecular flexibility index (Phi) is 4.57. The van der Waals surface area contributed by atoms with E-state index in [1.807, 2.05) is 36.7 Å².